The molecule has 92 valence electrons. The highest BCUT2D eigenvalue weighted by molar-refractivity contribution is 7.80. The van der Waals surface area contributed by atoms with E-state index >= 15 is 0 Å². The number of rotatable bonds is 4. The van der Waals surface area contributed by atoms with E-state index in [9.17, 15) is 0 Å². The van der Waals surface area contributed by atoms with Crippen LogP contribution in [-0.4, -0.2) is 4.99 Å². The predicted molar refractivity (Wildman–Crippen MR) is 77.8 cm³/mol. The second-order valence-corrected chi connectivity index (χ2v) is 4.56. The molecule has 0 atom stereocenters. The number of nitrogens with two attached hydrogens (primary N) is 1. The maximum atomic E-state index is 5.72. The second kappa shape index (κ2) is 5.65. The van der Waals surface area contributed by atoms with E-state index in [4.69, 9.17) is 22.7 Å². The summed E-state index contributed by atoms with van der Waals surface area (Å²) in [7, 11) is 0. The first kappa shape index (κ1) is 12.6. The van der Waals surface area contributed by atoms with Gasteiger partial charge in [-0.3, -0.25) is 0 Å². The summed E-state index contributed by atoms with van der Waals surface area (Å²) in [6, 6.07) is 15.8. The van der Waals surface area contributed by atoms with Crippen molar-refractivity contribution in [3.8, 4) is 5.75 Å². The molecule has 18 heavy (non-hydrogen) atoms. The molecular formula is C15H15NOS. The Kier molecular flexibility index (Phi) is 3.95. The summed E-state index contributed by atoms with van der Waals surface area (Å²) >= 11 is 4.97. The Hall–Kier alpha value is -1.87. The minimum Gasteiger partial charge on any atom is -0.489 e. The smallest absolute Gasteiger partial charge is 0.120 e. The number of aryl methyl sites for hydroxylation is 1. The van der Waals surface area contributed by atoms with Gasteiger partial charge in [-0.25, -0.2) is 0 Å². The molecule has 2 nitrogen and oxygen atoms in total. The third-order valence-electron chi connectivity index (χ3n) is 2.71. The van der Waals surface area contributed by atoms with E-state index in [-0.39, 0.29) is 0 Å². The third-order valence-corrected chi connectivity index (χ3v) is 2.93. The minimum atomic E-state index is 0.419. The maximum absolute atomic E-state index is 5.72. The summed E-state index contributed by atoms with van der Waals surface area (Å²) in [6.45, 7) is 2.54. The van der Waals surface area contributed by atoms with Gasteiger partial charge in [0.2, 0.25) is 0 Å². The van der Waals surface area contributed by atoms with Gasteiger partial charge in [-0.2, -0.15) is 0 Å². The summed E-state index contributed by atoms with van der Waals surface area (Å²) in [5.41, 5.74) is 8.70. The lowest BCUT2D eigenvalue weighted by Gasteiger charge is -2.09. The second-order valence-electron chi connectivity index (χ2n) is 4.12. The van der Waals surface area contributed by atoms with Crippen LogP contribution in [0.2, 0.25) is 0 Å². The summed E-state index contributed by atoms with van der Waals surface area (Å²) in [6.07, 6.45) is 0. The number of benzene rings is 2. The van der Waals surface area contributed by atoms with Crippen LogP contribution in [0.4, 0.5) is 0 Å². The zero-order chi connectivity index (χ0) is 13.0. The highest BCUT2D eigenvalue weighted by Crippen LogP contribution is 2.18. The van der Waals surface area contributed by atoms with Crippen LogP contribution in [-0.2, 0) is 6.61 Å². The summed E-state index contributed by atoms with van der Waals surface area (Å²) in [5, 5.41) is 0. The van der Waals surface area contributed by atoms with E-state index in [2.05, 4.69) is 0 Å². The first-order chi connectivity index (χ1) is 8.66. The largest absolute Gasteiger partial charge is 0.489 e. The SMILES string of the molecule is Cc1cc(OCc2ccccc2)ccc1C(N)=S. The first-order valence-electron chi connectivity index (χ1n) is 5.74. The molecule has 0 saturated carbocycles. The molecule has 0 saturated heterocycles. The normalized spacial score (nSPS) is 10.1. The van der Waals surface area contributed by atoms with E-state index in [1.165, 1.54) is 0 Å². The summed E-state index contributed by atoms with van der Waals surface area (Å²) in [4.78, 5) is 0.419. The van der Waals surface area contributed by atoms with Gasteiger partial charge < -0.3 is 10.5 Å². The van der Waals surface area contributed by atoms with Crippen molar-refractivity contribution < 1.29 is 4.74 Å². The van der Waals surface area contributed by atoms with Gasteiger partial charge in [0.05, 0.1) is 0 Å². The van der Waals surface area contributed by atoms with Crippen LogP contribution >= 0.6 is 12.2 Å². The average molecular weight is 257 g/mol. The Labute approximate surface area is 112 Å². The first-order valence-corrected chi connectivity index (χ1v) is 6.15. The van der Waals surface area contributed by atoms with Crippen molar-refractivity contribution >= 4 is 17.2 Å². The van der Waals surface area contributed by atoms with Crippen LogP contribution in [0.25, 0.3) is 0 Å². The van der Waals surface area contributed by atoms with Crippen LogP contribution in [0.3, 0.4) is 0 Å². The Bertz CT molecular complexity index is 552. The number of ether oxygens (including phenoxy) is 1. The highest BCUT2D eigenvalue weighted by atomic mass is 32.1. The van der Waals surface area contributed by atoms with Crippen LogP contribution in [0.5, 0.6) is 5.75 Å². The number of hydrogen-bond donors (Lipinski definition) is 1. The highest BCUT2D eigenvalue weighted by Gasteiger charge is 2.03. The molecule has 0 aliphatic heterocycles. The van der Waals surface area contributed by atoms with Crippen molar-refractivity contribution in [1.29, 1.82) is 0 Å². The molecule has 2 aromatic carbocycles. The van der Waals surface area contributed by atoms with E-state index < -0.39 is 0 Å². The minimum absolute atomic E-state index is 0.419. The van der Waals surface area contributed by atoms with Gasteiger partial charge in [-0.1, -0.05) is 42.5 Å². The molecule has 0 bridgehead atoms. The van der Waals surface area contributed by atoms with E-state index in [1.54, 1.807) is 0 Å². The molecule has 0 amide bonds. The van der Waals surface area contributed by atoms with Gasteiger partial charge in [-0.05, 0) is 36.2 Å². The Morgan fingerprint density at radius 1 is 1.17 bits per heavy atom. The van der Waals surface area contributed by atoms with Crippen molar-refractivity contribution in [2.24, 2.45) is 5.73 Å². The molecule has 2 rings (SSSR count). The molecule has 0 fully saturated rings. The fourth-order valence-electron chi connectivity index (χ4n) is 1.74. The lowest BCUT2D eigenvalue weighted by molar-refractivity contribution is 0.306. The van der Waals surface area contributed by atoms with Crippen molar-refractivity contribution in [2.75, 3.05) is 0 Å². The van der Waals surface area contributed by atoms with Gasteiger partial charge in [0.15, 0.2) is 0 Å². The molecule has 0 aromatic heterocycles. The van der Waals surface area contributed by atoms with Gasteiger partial charge in [-0.15, -0.1) is 0 Å². The molecule has 2 N–H and O–H groups in total. The molecule has 2 aromatic rings. The lowest BCUT2D eigenvalue weighted by Crippen LogP contribution is -2.11. The van der Waals surface area contributed by atoms with Crippen molar-refractivity contribution in [3.63, 3.8) is 0 Å². The topological polar surface area (TPSA) is 35.2 Å². The Morgan fingerprint density at radius 2 is 1.89 bits per heavy atom. The zero-order valence-electron chi connectivity index (χ0n) is 10.2. The van der Waals surface area contributed by atoms with Crippen LogP contribution in [0.15, 0.2) is 48.5 Å². The van der Waals surface area contributed by atoms with Gasteiger partial charge in [0, 0.05) is 5.56 Å². The van der Waals surface area contributed by atoms with Gasteiger partial charge >= 0.3 is 0 Å². The lowest BCUT2D eigenvalue weighted by atomic mass is 10.1. The summed E-state index contributed by atoms with van der Waals surface area (Å²) in [5.74, 6) is 0.830. The van der Waals surface area contributed by atoms with Crippen molar-refractivity contribution in [2.45, 2.75) is 13.5 Å². The van der Waals surface area contributed by atoms with Gasteiger partial charge in [0.1, 0.15) is 17.3 Å². The molecule has 0 radical (unpaired) electrons. The van der Waals surface area contributed by atoms with E-state index in [0.717, 1.165) is 22.4 Å². The summed E-state index contributed by atoms with van der Waals surface area (Å²) < 4.78 is 5.72. The Balaban J connectivity index is 2.07. The average Bonchev–Trinajstić information content (AvgIpc) is 2.37. The molecule has 3 heteroatoms. The standard InChI is InChI=1S/C15H15NOS/c1-11-9-13(7-8-14(11)15(16)18)17-10-12-5-3-2-4-6-12/h2-9H,10H2,1H3,(H2,16,18). The molecule has 0 aliphatic carbocycles. The monoisotopic (exact) mass is 257 g/mol. The van der Waals surface area contributed by atoms with E-state index in [1.807, 2.05) is 55.5 Å². The molecule has 0 spiro atoms. The number of hydrogen-bond acceptors (Lipinski definition) is 2. The third kappa shape index (κ3) is 3.08. The fourth-order valence-corrected chi connectivity index (χ4v) is 1.97. The molecule has 0 heterocycles. The Morgan fingerprint density at radius 3 is 2.50 bits per heavy atom. The van der Waals surface area contributed by atoms with Gasteiger partial charge in [0.25, 0.3) is 0 Å². The molecule has 0 aliphatic rings. The fraction of sp³-hybridized carbons (Fsp3) is 0.133. The predicted octanol–water partition coefficient (Wildman–Crippen LogP) is 3.21. The zero-order valence-corrected chi connectivity index (χ0v) is 11.0. The number of thiocarbonyl (C=S) groups is 1. The van der Waals surface area contributed by atoms with E-state index in [0.29, 0.717) is 11.6 Å². The van der Waals surface area contributed by atoms with Crippen LogP contribution < -0.4 is 10.5 Å². The van der Waals surface area contributed by atoms with Crippen molar-refractivity contribution in [1.82, 2.24) is 0 Å². The van der Waals surface area contributed by atoms with Crippen LogP contribution in [0, 0.1) is 6.92 Å². The molecular weight excluding hydrogens is 242 g/mol. The quantitative estimate of drug-likeness (QED) is 0.854. The van der Waals surface area contributed by atoms with Crippen LogP contribution in [0.1, 0.15) is 16.7 Å². The van der Waals surface area contributed by atoms with Crippen molar-refractivity contribution in [3.05, 3.63) is 65.2 Å². The molecule has 0 unspecified atom stereocenters. The maximum Gasteiger partial charge on any atom is 0.120 e.